The smallest absolute Gasteiger partial charge is 0.100 e. The summed E-state index contributed by atoms with van der Waals surface area (Å²) < 4.78 is 0. The number of pyridine rings is 1. The first-order valence-corrected chi connectivity index (χ1v) is 5.15. The Hall–Kier alpha value is -1.15. The standard InChI is InChI=1S/C12H9BrN/c13-12(10-5-2-1-3-6-10)11-7-4-8-14-9-11/h1-9H. The predicted octanol–water partition coefficient (Wildman–Crippen LogP) is 3.40. The maximum Gasteiger partial charge on any atom is 0.100 e. The third-order valence-electron chi connectivity index (χ3n) is 1.94. The molecule has 0 spiro atoms. The van der Waals surface area contributed by atoms with Crippen molar-refractivity contribution >= 4 is 15.9 Å². The van der Waals surface area contributed by atoms with Crippen molar-refractivity contribution in [3.05, 3.63) is 70.8 Å². The van der Waals surface area contributed by atoms with Gasteiger partial charge in [-0.3, -0.25) is 4.98 Å². The summed E-state index contributed by atoms with van der Waals surface area (Å²) in [6, 6.07) is 14.1. The van der Waals surface area contributed by atoms with E-state index >= 15 is 0 Å². The second kappa shape index (κ2) is 4.38. The van der Waals surface area contributed by atoms with Gasteiger partial charge < -0.3 is 0 Å². The molecule has 0 aliphatic heterocycles. The molecule has 2 heteroatoms. The van der Waals surface area contributed by atoms with E-state index in [0.29, 0.717) is 0 Å². The normalized spacial score (nSPS) is 10.4. The Morgan fingerprint density at radius 3 is 2.29 bits per heavy atom. The Labute approximate surface area is 91.9 Å². The van der Waals surface area contributed by atoms with Crippen molar-refractivity contribution in [3.8, 4) is 0 Å². The largest absolute Gasteiger partial charge is 0.264 e. The summed E-state index contributed by atoms with van der Waals surface area (Å²) in [6.07, 6.45) is 3.62. The molecule has 2 rings (SSSR count). The Balaban J connectivity index is 2.30. The van der Waals surface area contributed by atoms with Gasteiger partial charge in [-0.15, -0.1) is 0 Å². The summed E-state index contributed by atoms with van der Waals surface area (Å²) in [6.45, 7) is 0. The number of aromatic nitrogens is 1. The molecule has 69 valence electrons. The highest BCUT2D eigenvalue weighted by atomic mass is 79.9. The predicted molar refractivity (Wildman–Crippen MR) is 61.1 cm³/mol. The molecule has 0 aliphatic rings. The summed E-state index contributed by atoms with van der Waals surface area (Å²) in [5, 5.41) is 0. The maximum absolute atomic E-state index is 4.08. The van der Waals surface area contributed by atoms with Gasteiger partial charge in [0.1, 0.15) is 4.83 Å². The lowest BCUT2D eigenvalue weighted by molar-refractivity contribution is 1.26. The zero-order valence-electron chi connectivity index (χ0n) is 7.52. The minimum absolute atomic E-state index is 1.08. The van der Waals surface area contributed by atoms with Crippen LogP contribution in [0.1, 0.15) is 11.1 Å². The van der Waals surface area contributed by atoms with E-state index in [2.05, 4.69) is 33.0 Å². The monoisotopic (exact) mass is 246 g/mol. The fraction of sp³-hybridized carbons (Fsp3) is 0. The molecule has 0 amide bonds. The van der Waals surface area contributed by atoms with E-state index in [4.69, 9.17) is 0 Å². The third-order valence-corrected chi connectivity index (χ3v) is 2.86. The molecular formula is C12H9BrN. The van der Waals surface area contributed by atoms with Crippen molar-refractivity contribution in [2.24, 2.45) is 0 Å². The van der Waals surface area contributed by atoms with Gasteiger partial charge >= 0.3 is 0 Å². The first kappa shape index (κ1) is 9.41. The molecule has 1 heterocycles. The number of halogens is 1. The quantitative estimate of drug-likeness (QED) is 0.792. The molecule has 0 aliphatic carbocycles. The summed E-state index contributed by atoms with van der Waals surface area (Å²) in [5.41, 5.74) is 2.26. The highest BCUT2D eigenvalue weighted by Gasteiger charge is 2.09. The topological polar surface area (TPSA) is 12.9 Å². The number of hydrogen-bond acceptors (Lipinski definition) is 1. The second-order valence-corrected chi connectivity index (χ2v) is 3.71. The molecule has 0 saturated carbocycles. The van der Waals surface area contributed by atoms with Gasteiger partial charge in [0.15, 0.2) is 0 Å². The fourth-order valence-electron chi connectivity index (χ4n) is 1.24. The molecule has 0 saturated heterocycles. The van der Waals surface area contributed by atoms with Gasteiger partial charge in [0.2, 0.25) is 0 Å². The molecule has 0 atom stereocenters. The van der Waals surface area contributed by atoms with Crippen LogP contribution < -0.4 is 0 Å². The zero-order chi connectivity index (χ0) is 9.80. The minimum Gasteiger partial charge on any atom is -0.264 e. The highest BCUT2D eigenvalue weighted by molar-refractivity contribution is 9.11. The number of nitrogens with zero attached hydrogens (tertiary/aromatic N) is 1. The maximum atomic E-state index is 4.08. The Bertz CT molecular complexity index is 346. The first-order chi connectivity index (χ1) is 6.88. The van der Waals surface area contributed by atoms with E-state index in [-0.39, 0.29) is 0 Å². The fourth-order valence-corrected chi connectivity index (χ4v) is 1.74. The molecule has 2 aromatic rings. The second-order valence-electron chi connectivity index (χ2n) is 2.92. The third kappa shape index (κ3) is 2.02. The lowest BCUT2D eigenvalue weighted by atomic mass is 10.1. The lowest BCUT2D eigenvalue weighted by Gasteiger charge is -2.07. The molecule has 1 aromatic heterocycles. The molecule has 0 bridgehead atoms. The first-order valence-electron chi connectivity index (χ1n) is 4.36. The molecule has 1 aromatic carbocycles. The van der Waals surface area contributed by atoms with E-state index in [0.717, 1.165) is 10.4 Å². The van der Waals surface area contributed by atoms with E-state index in [1.54, 1.807) is 6.20 Å². The zero-order valence-corrected chi connectivity index (χ0v) is 9.11. The van der Waals surface area contributed by atoms with Crippen molar-refractivity contribution in [3.63, 3.8) is 0 Å². The van der Waals surface area contributed by atoms with Crippen molar-refractivity contribution in [1.82, 2.24) is 4.98 Å². The van der Waals surface area contributed by atoms with Crippen molar-refractivity contribution in [2.75, 3.05) is 0 Å². The van der Waals surface area contributed by atoms with Crippen LogP contribution in [0.5, 0.6) is 0 Å². The van der Waals surface area contributed by atoms with Crippen LogP contribution in [0.25, 0.3) is 0 Å². The van der Waals surface area contributed by atoms with E-state index in [1.807, 2.05) is 36.5 Å². The molecule has 0 unspecified atom stereocenters. The van der Waals surface area contributed by atoms with Crippen molar-refractivity contribution < 1.29 is 0 Å². The Morgan fingerprint density at radius 2 is 1.64 bits per heavy atom. The molecule has 1 nitrogen and oxygen atoms in total. The van der Waals surface area contributed by atoms with Gasteiger partial charge in [-0.05, 0) is 17.2 Å². The van der Waals surface area contributed by atoms with Crippen LogP contribution in [-0.4, -0.2) is 4.98 Å². The molecular weight excluding hydrogens is 238 g/mol. The van der Waals surface area contributed by atoms with Gasteiger partial charge in [-0.25, -0.2) is 0 Å². The highest BCUT2D eigenvalue weighted by Crippen LogP contribution is 2.28. The van der Waals surface area contributed by atoms with Gasteiger partial charge in [0.25, 0.3) is 0 Å². The Kier molecular flexibility index (Phi) is 2.94. The average Bonchev–Trinajstić information content (AvgIpc) is 2.30. The van der Waals surface area contributed by atoms with Crippen LogP contribution in [0.2, 0.25) is 0 Å². The van der Waals surface area contributed by atoms with Gasteiger partial charge in [0, 0.05) is 12.4 Å². The van der Waals surface area contributed by atoms with Crippen LogP contribution in [0.15, 0.2) is 54.9 Å². The average molecular weight is 247 g/mol. The number of hydrogen-bond donors (Lipinski definition) is 0. The van der Waals surface area contributed by atoms with Gasteiger partial charge in [-0.2, -0.15) is 0 Å². The van der Waals surface area contributed by atoms with Crippen LogP contribution in [-0.2, 0) is 0 Å². The van der Waals surface area contributed by atoms with Crippen LogP contribution in [0.3, 0.4) is 0 Å². The molecule has 0 fully saturated rings. The summed E-state index contributed by atoms with van der Waals surface area (Å²) >= 11 is 3.57. The lowest BCUT2D eigenvalue weighted by Crippen LogP contribution is -1.93. The molecule has 14 heavy (non-hydrogen) atoms. The van der Waals surface area contributed by atoms with Crippen LogP contribution in [0, 0.1) is 4.83 Å². The summed E-state index contributed by atoms with van der Waals surface area (Å²) in [5.74, 6) is 0. The molecule has 0 N–H and O–H groups in total. The van der Waals surface area contributed by atoms with Crippen molar-refractivity contribution in [2.45, 2.75) is 0 Å². The number of benzene rings is 1. The summed E-state index contributed by atoms with van der Waals surface area (Å²) in [4.78, 5) is 5.16. The van der Waals surface area contributed by atoms with E-state index < -0.39 is 0 Å². The van der Waals surface area contributed by atoms with E-state index in [1.165, 1.54) is 5.56 Å². The minimum atomic E-state index is 1.08. The number of rotatable bonds is 2. The van der Waals surface area contributed by atoms with Crippen LogP contribution >= 0.6 is 15.9 Å². The van der Waals surface area contributed by atoms with Crippen molar-refractivity contribution in [1.29, 1.82) is 0 Å². The van der Waals surface area contributed by atoms with Gasteiger partial charge in [0.05, 0.1) is 0 Å². The van der Waals surface area contributed by atoms with Gasteiger partial charge in [-0.1, -0.05) is 52.3 Å². The SMILES string of the molecule is Br[C](c1ccccc1)c1cccnc1. The Morgan fingerprint density at radius 1 is 0.929 bits per heavy atom. The van der Waals surface area contributed by atoms with E-state index in [9.17, 15) is 0 Å². The summed E-state index contributed by atoms with van der Waals surface area (Å²) in [7, 11) is 0. The van der Waals surface area contributed by atoms with Crippen LogP contribution in [0.4, 0.5) is 0 Å². The molecule has 1 radical (unpaired) electrons.